The molecule has 40 heavy (non-hydrogen) atoms. The number of carbonyl (C=O) groups is 1. The number of alkyl carbamates (subject to hydrolysis) is 1. The van der Waals surface area contributed by atoms with Crippen LogP contribution in [0.3, 0.4) is 0 Å². The topological polar surface area (TPSA) is 113 Å². The SMILES string of the molecule is CC(C)C1=C(C(C)C)[C@](C[C@@H](C)O)(C23CC4CC(CC2C4)C3)C(NC(=O)OC(C)(C)C)(C(C)C)C(S(=O)(=O)O)=C1. The molecule has 3 unspecified atom stereocenters. The lowest BCUT2D eigenvalue weighted by atomic mass is 9.40. The first-order valence-corrected chi connectivity index (χ1v) is 16.8. The van der Waals surface area contributed by atoms with E-state index in [1.165, 1.54) is 6.42 Å². The molecule has 5 atom stereocenters. The molecule has 1 amide bonds. The van der Waals surface area contributed by atoms with Crippen LogP contribution in [0, 0.1) is 46.3 Å². The Bertz CT molecular complexity index is 1180. The molecule has 0 heterocycles. The van der Waals surface area contributed by atoms with E-state index in [0.29, 0.717) is 17.8 Å². The number of aliphatic hydroxyl groups excluding tert-OH is 1. The second kappa shape index (κ2) is 10.1. The molecular weight excluding hydrogens is 526 g/mol. The minimum atomic E-state index is -4.78. The quantitative estimate of drug-likeness (QED) is 0.270. The maximum atomic E-state index is 13.8. The molecule has 4 bridgehead atoms. The zero-order valence-corrected chi connectivity index (χ0v) is 27.1. The van der Waals surface area contributed by atoms with E-state index in [-0.39, 0.29) is 28.6 Å². The van der Waals surface area contributed by atoms with E-state index in [0.717, 1.165) is 36.8 Å². The lowest BCUT2D eigenvalue weighted by Crippen LogP contribution is -2.73. The highest BCUT2D eigenvalue weighted by Crippen LogP contribution is 2.78. The second-order valence-electron chi connectivity index (χ2n) is 15.4. The van der Waals surface area contributed by atoms with Gasteiger partial charge in [0.05, 0.1) is 16.5 Å². The average Bonchev–Trinajstić information content (AvgIpc) is 3.15. The molecule has 0 aromatic rings. The van der Waals surface area contributed by atoms with Crippen molar-refractivity contribution in [3.63, 3.8) is 0 Å². The summed E-state index contributed by atoms with van der Waals surface area (Å²) in [4.78, 5) is 13.7. The minimum absolute atomic E-state index is 0.0152. The molecule has 0 aliphatic heterocycles. The van der Waals surface area contributed by atoms with Crippen LogP contribution in [0.5, 0.6) is 0 Å². The van der Waals surface area contributed by atoms with Gasteiger partial charge < -0.3 is 15.2 Å². The number of amides is 1. The molecule has 7 nitrogen and oxygen atoms in total. The summed E-state index contributed by atoms with van der Waals surface area (Å²) in [5.41, 5.74) is -1.62. The molecule has 228 valence electrons. The van der Waals surface area contributed by atoms with Gasteiger partial charge in [-0.25, -0.2) is 4.79 Å². The summed E-state index contributed by atoms with van der Waals surface area (Å²) in [7, 11) is -4.78. The number of rotatable bonds is 8. The normalized spacial score (nSPS) is 36.6. The third kappa shape index (κ3) is 4.68. The summed E-state index contributed by atoms with van der Waals surface area (Å²) in [5, 5.41) is 14.6. The van der Waals surface area contributed by atoms with E-state index in [4.69, 9.17) is 4.74 Å². The van der Waals surface area contributed by atoms with Crippen molar-refractivity contribution >= 4 is 16.2 Å². The van der Waals surface area contributed by atoms with Gasteiger partial charge in [-0.15, -0.1) is 0 Å². The maximum absolute atomic E-state index is 13.8. The van der Waals surface area contributed by atoms with Crippen molar-refractivity contribution in [3.05, 3.63) is 22.1 Å². The van der Waals surface area contributed by atoms with Crippen LogP contribution in [0.25, 0.3) is 0 Å². The van der Waals surface area contributed by atoms with Crippen LogP contribution < -0.4 is 5.32 Å². The molecule has 0 spiro atoms. The molecule has 0 aromatic carbocycles. The maximum Gasteiger partial charge on any atom is 0.408 e. The summed E-state index contributed by atoms with van der Waals surface area (Å²) in [6.07, 6.45) is 5.69. The van der Waals surface area contributed by atoms with Crippen LogP contribution in [-0.4, -0.2) is 41.4 Å². The number of allylic oxidation sites excluding steroid dienone is 2. The van der Waals surface area contributed by atoms with E-state index in [1.807, 2.05) is 13.8 Å². The molecule has 0 radical (unpaired) electrons. The molecule has 5 rings (SSSR count). The van der Waals surface area contributed by atoms with Crippen LogP contribution in [0.2, 0.25) is 0 Å². The summed E-state index contributed by atoms with van der Waals surface area (Å²) in [6.45, 7) is 19.4. The smallest absolute Gasteiger partial charge is 0.408 e. The summed E-state index contributed by atoms with van der Waals surface area (Å²) in [6, 6.07) is 0. The van der Waals surface area contributed by atoms with Crippen molar-refractivity contribution in [3.8, 4) is 0 Å². The van der Waals surface area contributed by atoms with E-state index < -0.39 is 44.8 Å². The molecular formula is C32H53NO6S. The van der Waals surface area contributed by atoms with Gasteiger partial charge >= 0.3 is 6.09 Å². The third-order valence-electron chi connectivity index (χ3n) is 10.6. The Hall–Kier alpha value is -1.38. The van der Waals surface area contributed by atoms with Gasteiger partial charge in [-0.3, -0.25) is 4.55 Å². The number of nitrogens with one attached hydrogen (secondary N) is 1. The Kier molecular flexibility index (Phi) is 7.98. The average molecular weight is 580 g/mol. The fraction of sp³-hybridized carbons (Fsp3) is 0.844. The van der Waals surface area contributed by atoms with Gasteiger partial charge in [0.2, 0.25) is 0 Å². The van der Waals surface area contributed by atoms with Gasteiger partial charge in [0, 0.05) is 5.41 Å². The highest BCUT2D eigenvalue weighted by molar-refractivity contribution is 7.90. The van der Waals surface area contributed by atoms with Crippen LogP contribution in [-0.2, 0) is 14.9 Å². The minimum Gasteiger partial charge on any atom is -0.444 e. The van der Waals surface area contributed by atoms with Gasteiger partial charge in [-0.2, -0.15) is 8.42 Å². The standard InChI is InChI=1S/C32H53NO6S/c1-18(2)25-14-26(40(36,37)38)32(20(5)6,33-28(35)39-29(8,9)10)31(15-21(7)34,27(25)19(3)4)30-16-22-11-23(17-30)13-24(30)12-22/h14,18-24,34H,11-13,15-17H2,1-10H3,(H,33,35)(H,36,37,38)/t21-,22?,23?,24?,30?,31-,32?/m1/s1. The predicted molar refractivity (Wildman–Crippen MR) is 158 cm³/mol. The van der Waals surface area contributed by atoms with Crippen LogP contribution in [0.15, 0.2) is 22.1 Å². The molecule has 0 aromatic heterocycles. The van der Waals surface area contributed by atoms with Crippen molar-refractivity contribution in [2.24, 2.45) is 46.3 Å². The van der Waals surface area contributed by atoms with Crippen LogP contribution in [0.1, 0.15) is 108 Å². The lowest BCUT2D eigenvalue weighted by molar-refractivity contribution is -0.0865. The Morgan fingerprint density at radius 1 is 1.02 bits per heavy atom. The van der Waals surface area contributed by atoms with Crippen LogP contribution >= 0.6 is 0 Å². The molecule has 8 heteroatoms. The zero-order valence-electron chi connectivity index (χ0n) is 26.3. The van der Waals surface area contributed by atoms with Crippen molar-refractivity contribution in [2.45, 2.75) is 125 Å². The fourth-order valence-corrected chi connectivity index (χ4v) is 11.4. The second-order valence-corrected chi connectivity index (χ2v) is 16.8. The van der Waals surface area contributed by atoms with Crippen molar-refractivity contribution in [1.82, 2.24) is 5.32 Å². The van der Waals surface area contributed by atoms with Crippen molar-refractivity contribution in [2.75, 3.05) is 0 Å². The molecule has 0 saturated heterocycles. The number of ether oxygens (including phenoxy) is 1. The molecule has 4 fully saturated rings. The summed E-state index contributed by atoms with van der Waals surface area (Å²) in [5.74, 6) is 0.998. The first-order valence-electron chi connectivity index (χ1n) is 15.3. The first-order chi connectivity index (χ1) is 18.2. The van der Waals surface area contributed by atoms with Crippen LogP contribution in [0.4, 0.5) is 4.79 Å². The highest BCUT2D eigenvalue weighted by Gasteiger charge is 2.76. The van der Waals surface area contributed by atoms with Gasteiger partial charge in [0.15, 0.2) is 0 Å². The molecule has 5 aliphatic rings. The van der Waals surface area contributed by atoms with E-state index in [9.17, 15) is 22.9 Å². The summed E-state index contributed by atoms with van der Waals surface area (Å²) >= 11 is 0. The highest BCUT2D eigenvalue weighted by atomic mass is 32.2. The third-order valence-corrected chi connectivity index (χ3v) is 11.6. The monoisotopic (exact) mass is 579 g/mol. The predicted octanol–water partition coefficient (Wildman–Crippen LogP) is 6.88. The van der Waals surface area contributed by atoms with Gasteiger partial charge in [-0.1, -0.05) is 47.1 Å². The molecule has 5 aliphatic carbocycles. The largest absolute Gasteiger partial charge is 0.444 e. The van der Waals surface area contributed by atoms with Gasteiger partial charge in [-0.05, 0) is 119 Å². The fourth-order valence-electron chi connectivity index (χ4n) is 10.2. The molecule has 4 saturated carbocycles. The summed E-state index contributed by atoms with van der Waals surface area (Å²) < 4.78 is 44.0. The number of carbonyl (C=O) groups excluding carboxylic acids is 1. The van der Waals surface area contributed by atoms with Gasteiger partial charge in [0.25, 0.3) is 10.1 Å². The van der Waals surface area contributed by atoms with Crippen molar-refractivity contribution in [1.29, 1.82) is 0 Å². The van der Waals surface area contributed by atoms with E-state index in [1.54, 1.807) is 33.8 Å². The lowest BCUT2D eigenvalue weighted by Gasteiger charge is -2.66. The number of aliphatic hydroxyl groups is 1. The number of hydrogen-bond acceptors (Lipinski definition) is 5. The molecule has 3 N–H and O–H groups in total. The van der Waals surface area contributed by atoms with Gasteiger partial charge in [0.1, 0.15) is 5.60 Å². The van der Waals surface area contributed by atoms with Crippen molar-refractivity contribution < 1.29 is 27.6 Å². The Morgan fingerprint density at radius 2 is 1.57 bits per heavy atom. The Balaban J connectivity index is 2.21. The Labute approximate surface area is 242 Å². The Morgan fingerprint density at radius 3 is 1.98 bits per heavy atom. The first kappa shape index (κ1) is 31.6. The van der Waals surface area contributed by atoms with E-state index in [2.05, 4.69) is 33.0 Å². The number of hydrogen-bond donors (Lipinski definition) is 3. The zero-order chi connectivity index (χ0) is 30.2. The van der Waals surface area contributed by atoms with E-state index >= 15 is 0 Å².